The number of amides is 1. The number of hydrogen-bond donors (Lipinski definition) is 2. The molecule has 1 atom stereocenters. The number of nitrogens with zero attached hydrogens (tertiary/aromatic N) is 1. The van der Waals surface area contributed by atoms with Crippen molar-refractivity contribution in [3.8, 4) is 16.3 Å². The standard InChI is InChI=1S/C25H25N3O2S2/c1-16-9-11-22(30-3)20(13-16)28-25(29)24(18-7-5-4-6-8-18)26-14-19-10-12-23(32-19)21-15-31-17(2)27-21/h4-13,15,24,26H,14H2,1-3H3,(H,28,29)/t24-/m0/s1. The molecule has 1 amide bonds. The average molecular weight is 464 g/mol. The molecule has 2 aromatic heterocycles. The molecule has 0 fully saturated rings. The Hall–Kier alpha value is -3.00. The highest BCUT2D eigenvalue weighted by atomic mass is 32.1. The number of thiophene rings is 1. The van der Waals surface area contributed by atoms with Gasteiger partial charge in [-0.15, -0.1) is 22.7 Å². The lowest BCUT2D eigenvalue weighted by atomic mass is 10.1. The number of carbonyl (C=O) groups is 1. The molecule has 0 aliphatic rings. The highest BCUT2D eigenvalue weighted by Gasteiger charge is 2.22. The Kier molecular flexibility index (Phi) is 6.99. The average Bonchev–Trinajstić information content (AvgIpc) is 3.44. The highest BCUT2D eigenvalue weighted by Crippen LogP contribution is 2.30. The van der Waals surface area contributed by atoms with Gasteiger partial charge in [0.15, 0.2) is 0 Å². The normalized spacial score (nSPS) is 11.8. The van der Waals surface area contributed by atoms with E-state index in [0.717, 1.165) is 31.6 Å². The molecule has 2 heterocycles. The Bertz CT molecular complexity index is 1200. The predicted octanol–water partition coefficient (Wildman–Crippen LogP) is 5.97. The number of benzene rings is 2. The van der Waals surface area contributed by atoms with Crippen LogP contribution in [0.15, 0.2) is 66.0 Å². The maximum atomic E-state index is 13.3. The molecule has 0 unspecified atom stereocenters. The lowest BCUT2D eigenvalue weighted by Crippen LogP contribution is -2.32. The van der Waals surface area contributed by atoms with Gasteiger partial charge in [-0.25, -0.2) is 4.98 Å². The van der Waals surface area contributed by atoms with E-state index in [0.29, 0.717) is 18.0 Å². The third kappa shape index (κ3) is 5.24. The van der Waals surface area contributed by atoms with Crippen LogP contribution in [0.5, 0.6) is 5.75 Å². The SMILES string of the molecule is COc1ccc(C)cc1NC(=O)[C@@H](NCc1ccc(-c2csc(C)n2)s1)c1ccccc1. The van der Waals surface area contributed by atoms with E-state index < -0.39 is 6.04 Å². The van der Waals surface area contributed by atoms with Gasteiger partial charge < -0.3 is 10.1 Å². The molecular formula is C25H25N3O2S2. The second-order valence-corrected chi connectivity index (χ2v) is 9.67. The summed E-state index contributed by atoms with van der Waals surface area (Å²) in [5, 5.41) is 9.61. The van der Waals surface area contributed by atoms with Gasteiger partial charge >= 0.3 is 0 Å². The zero-order valence-electron chi connectivity index (χ0n) is 18.2. The molecule has 0 aliphatic heterocycles. The molecule has 0 saturated heterocycles. The van der Waals surface area contributed by atoms with Crippen LogP contribution in [-0.4, -0.2) is 18.0 Å². The van der Waals surface area contributed by atoms with Crippen LogP contribution in [0, 0.1) is 13.8 Å². The molecule has 32 heavy (non-hydrogen) atoms. The van der Waals surface area contributed by atoms with Gasteiger partial charge in [0.25, 0.3) is 0 Å². The number of thiazole rings is 1. The fourth-order valence-electron chi connectivity index (χ4n) is 3.42. The second-order valence-electron chi connectivity index (χ2n) is 7.44. The Morgan fingerprint density at radius 2 is 1.91 bits per heavy atom. The van der Waals surface area contributed by atoms with Gasteiger partial charge in [-0.05, 0) is 49.2 Å². The lowest BCUT2D eigenvalue weighted by molar-refractivity contribution is -0.118. The summed E-state index contributed by atoms with van der Waals surface area (Å²) in [5.41, 5.74) is 3.63. The fraction of sp³-hybridized carbons (Fsp3) is 0.200. The molecule has 0 saturated carbocycles. The predicted molar refractivity (Wildman–Crippen MR) is 133 cm³/mol. The number of methoxy groups -OCH3 is 1. The molecular weight excluding hydrogens is 438 g/mol. The van der Waals surface area contributed by atoms with Gasteiger partial charge in [-0.3, -0.25) is 10.1 Å². The second kappa shape index (κ2) is 10.1. The van der Waals surface area contributed by atoms with E-state index in [1.165, 1.54) is 0 Å². The van der Waals surface area contributed by atoms with E-state index in [-0.39, 0.29) is 5.91 Å². The van der Waals surface area contributed by atoms with Gasteiger partial charge in [0.1, 0.15) is 11.8 Å². The summed E-state index contributed by atoms with van der Waals surface area (Å²) in [5.74, 6) is 0.504. The zero-order valence-corrected chi connectivity index (χ0v) is 19.8. The third-order valence-corrected chi connectivity index (χ3v) is 6.90. The smallest absolute Gasteiger partial charge is 0.246 e. The zero-order chi connectivity index (χ0) is 22.5. The van der Waals surface area contributed by atoms with Crippen molar-refractivity contribution in [1.29, 1.82) is 0 Å². The molecule has 164 valence electrons. The summed E-state index contributed by atoms with van der Waals surface area (Å²) in [7, 11) is 1.60. The van der Waals surface area contributed by atoms with Crippen molar-refractivity contribution < 1.29 is 9.53 Å². The maximum Gasteiger partial charge on any atom is 0.246 e. The van der Waals surface area contributed by atoms with Crippen LogP contribution >= 0.6 is 22.7 Å². The van der Waals surface area contributed by atoms with E-state index in [1.807, 2.05) is 62.4 Å². The number of ether oxygens (including phenoxy) is 1. The number of hydrogen-bond acceptors (Lipinski definition) is 6. The van der Waals surface area contributed by atoms with Crippen molar-refractivity contribution in [2.24, 2.45) is 0 Å². The molecule has 4 aromatic rings. The van der Waals surface area contributed by atoms with Crippen molar-refractivity contribution in [2.75, 3.05) is 12.4 Å². The van der Waals surface area contributed by atoms with E-state index in [2.05, 4.69) is 33.1 Å². The summed E-state index contributed by atoms with van der Waals surface area (Å²) in [6.45, 7) is 4.57. The molecule has 2 N–H and O–H groups in total. The molecule has 0 spiro atoms. The molecule has 0 aliphatic carbocycles. The Morgan fingerprint density at radius 1 is 1.09 bits per heavy atom. The maximum absolute atomic E-state index is 13.3. The minimum absolute atomic E-state index is 0.132. The van der Waals surface area contributed by atoms with E-state index in [1.54, 1.807) is 29.8 Å². The van der Waals surface area contributed by atoms with Crippen LogP contribution in [0.1, 0.15) is 27.1 Å². The number of nitrogens with one attached hydrogen (secondary N) is 2. The minimum Gasteiger partial charge on any atom is -0.495 e. The third-order valence-electron chi connectivity index (χ3n) is 5.02. The van der Waals surface area contributed by atoms with Crippen molar-refractivity contribution in [3.05, 3.63) is 87.1 Å². The number of aryl methyl sites for hydroxylation is 2. The van der Waals surface area contributed by atoms with E-state index in [9.17, 15) is 4.79 Å². The van der Waals surface area contributed by atoms with Crippen molar-refractivity contribution >= 4 is 34.3 Å². The largest absolute Gasteiger partial charge is 0.495 e. The van der Waals surface area contributed by atoms with E-state index >= 15 is 0 Å². The summed E-state index contributed by atoms with van der Waals surface area (Å²) in [6.07, 6.45) is 0. The van der Waals surface area contributed by atoms with Gasteiger partial charge in [0, 0.05) is 16.8 Å². The Labute approximate surface area is 196 Å². The first-order chi connectivity index (χ1) is 15.5. The van der Waals surface area contributed by atoms with Gasteiger partial charge in [-0.2, -0.15) is 0 Å². The molecule has 7 heteroatoms. The van der Waals surface area contributed by atoms with Crippen LogP contribution in [0.3, 0.4) is 0 Å². The van der Waals surface area contributed by atoms with Gasteiger partial charge in [0.2, 0.25) is 5.91 Å². The lowest BCUT2D eigenvalue weighted by Gasteiger charge is -2.20. The van der Waals surface area contributed by atoms with E-state index in [4.69, 9.17) is 4.74 Å². The number of aromatic nitrogens is 1. The molecule has 0 bridgehead atoms. The number of rotatable bonds is 8. The molecule has 2 aromatic carbocycles. The fourth-order valence-corrected chi connectivity index (χ4v) is 5.03. The number of anilines is 1. The van der Waals surface area contributed by atoms with Crippen LogP contribution < -0.4 is 15.4 Å². The van der Waals surface area contributed by atoms with Crippen LogP contribution in [-0.2, 0) is 11.3 Å². The first-order valence-electron chi connectivity index (χ1n) is 10.3. The monoisotopic (exact) mass is 463 g/mol. The first-order valence-corrected chi connectivity index (χ1v) is 12.0. The topological polar surface area (TPSA) is 63.2 Å². The van der Waals surface area contributed by atoms with Crippen LogP contribution in [0.4, 0.5) is 5.69 Å². The summed E-state index contributed by atoms with van der Waals surface area (Å²) < 4.78 is 5.42. The van der Waals surface area contributed by atoms with Crippen molar-refractivity contribution in [2.45, 2.75) is 26.4 Å². The van der Waals surface area contributed by atoms with Crippen molar-refractivity contribution in [1.82, 2.24) is 10.3 Å². The minimum atomic E-state index is -0.506. The quantitative estimate of drug-likeness (QED) is 0.338. The first kappa shape index (κ1) is 22.2. The van der Waals surface area contributed by atoms with Gasteiger partial charge in [-0.1, -0.05) is 36.4 Å². The number of carbonyl (C=O) groups excluding carboxylic acids is 1. The Balaban J connectivity index is 1.52. The molecule has 4 rings (SSSR count). The molecule has 5 nitrogen and oxygen atoms in total. The summed E-state index contributed by atoms with van der Waals surface area (Å²) in [6, 6.07) is 19.2. The van der Waals surface area contributed by atoms with Gasteiger partial charge in [0.05, 0.1) is 28.4 Å². The Morgan fingerprint density at radius 3 is 2.62 bits per heavy atom. The van der Waals surface area contributed by atoms with Crippen molar-refractivity contribution in [3.63, 3.8) is 0 Å². The van der Waals surface area contributed by atoms with Crippen LogP contribution in [0.25, 0.3) is 10.6 Å². The summed E-state index contributed by atoms with van der Waals surface area (Å²) >= 11 is 3.34. The van der Waals surface area contributed by atoms with Crippen LogP contribution in [0.2, 0.25) is 0 Å². The molecule has 0 radical (unpaired) electrons. The summed E-state index contributed by atoms with van der Waals surface area (Å²) in [4.78, 5) is 20.2. The highest BCUT2D eigenvalue weighted by molar-refractivity contribution is 7.16.